The van der Waals surface area contributed by atoms with Crippen LogP contribution in [0.1, 0.15) is 6.42 Å². The van der Waals surface area contributed by atoms with E-state index in [1.165, 1.54) is 19.1 Å². The van der Waals surface area contributed by atoms with Crippen LogP contribution in [0.2, 0.25) is 5.02 Å². The molecule has 0 saturated carbocycles. The molecule has 1 N–H and O–H groups in total. The Labute approximate surface area is 178 Å². The number of hydrogen-bond donors (Lipinski definition) is 1. The minimum atomic E-state index is -0.694. The Balaban J connectivity index is 1.58. The smallest absolute Gasteiger partial charge is 0.311 e. The Morgan fingerprint density at radius 1 is 1.13 bits per heavy atom. The molecule has 9 heteroatoms. The maximum absolute atomic E-state index is 12.4. The molecule has 158 valence electrons. The summed E-state index contributed by atoms with van der Waals surface area (Å²) in [6, 6.07) is 11.8. The number of benzene rings is 2. The van der Waals surface area contributed by atoms with Gasteiger partial charge in [0.15, 0.2) is 6.61 Å². The van der Waals surface area contributed by atoms with E-state index in [0.29, 0.717) is 27.9 Å². The zero-order chi connectivity index (χ0) is 21.7. The van der Waals surface area contributed by atoms with Crippen molar-refractivity contribution in [2.24, 2.45) is 5.92 Å². The average molecular weight is 433 g/mol. The van der Waals surface area contributed by atoms with Gasteiger partial charge in [-0.1, -0.05) is 23.7 Å². The summed E-state index contributed by atoms with van der Waals surface area (Å²) in [5.74, 6) is -1.12. The summed E-state index contributed by atoms with van der Waals surface area (Å²) >= 11 is 6.03. The third-order valence-corrected chi connectivity index (χ3v) is 4.85. The predicted molar refractivity (Wildman–Crippen MR) is 111 cm³/mol. The fourth-order valence-electron chi connectivity index (χ4n) is 3.16. The zero-order valence-corrected chi connectivity index (χ0v) is 17.3. The van der Waals surface area contributed by atoms with Crippen molar-refractivity contribution in [3.63, 3.8) is 0 Å². The molecule has 1 aliphatic heterocycles. The highest BCUT2D eigenvalue weighted by atomic mass is 35.5. The standard InChI is InChI=1S/C21H21ClN2O6/c1-28-17-6-4-3-5-15(17)23-19(25)12-30-21(27)13-9-20(26)24(11-13)16-10-14(22)7-8-18(16)29-2/h3-8,10,13H,9,11-12H2,1-2H3,(H,23,25)/t13-/m1/s1. The molecule has 0 bridgehead atoms. The first kappa shape index (κ1) is 21.4. The molecule has 3 rings (SSSR count). The number of nitrogens with one attached hydrogen (secondary N) is 1. The molecular formula is C21H21ClN2O6. The van der Waals surface area contributed by atoms with Gasteiger partial charge in [-0.05, 0) is 30.3 Å². The van der Waals surface area contributed by atoms with Gasteiger partial charge in [0.1, 0.15) is 11.5 Å². The Hall–Kier alpha value is -3.26. The molecule has 1 atom stereocenters. The third kappa shape index (κ3) is 4.83. The molecule has 2 aromatic rings. The number of para-hydroxylation sites is 2. The Kier molecular flexibility index (Phi) is 6.79. The summed E-state index contributed by atoms with van der Waals surface area (Å²) < 4.78 is 15.6. The van der Waals surface area contributed by atoms with Gasteiger partial charge in [-0.15, -0.1) is 0 Å². The van der Waals surface area contributed by atoms with Crippen LogP contribution in [-0.2, 0) is 19.1 Å². The van der Waals surface area contributed by atoms with Gasteiger partial charge in [0.05, 0.1) is 31.5 Å². The summed E-state index contributed by atoms with van der Waals surface area (Å²) in [6.45, 7) is -0.357. The highest BCUT2D eigenvalue weighted by Gasteiger charge is 2.37. The highest BCUT2D eigenvalue weighted by Crippen LogP contribution is 2.35. The lowest BCUT2D eigenvalue weighted by molar-refractivity contribution is -0.151. The average Bonchev–Trinajstić information content (AvgIpc) is 3.14. The van der Waals surface area contributed by atoms with E-state index in [1.807, 2.05) is 0 Å². The van der Waals surface area contributed by atoms with Gasteiger partial charge < -0.3 is 24.4 Å². The minimum absolute atomic E-state index is 0.0252. The van der Waals surface area contributed by atoms with E-state index < -0.39 is 24.4 Å². The van der Waals surface area contributed by atoms with Crippen LogP contribution in [0.4, 0.5) is 11.4 Å². The van der Waals surface area contributed by atoms with Crippen molar-refractivity contribution in [2.45, 2.75) is 6.42 Å². The molecule has 2 amide bonds. The maximum atomic E-state index is 12.4. The van der Waals surface area contributed by atoms with E-state index in [-0.39, 0.29) is 18.9 Å². The number of rotatable bonds is 7. The van der Waals surface area contributed by atoms with Crippen molar-refractivity contribution in [1.82, 2.24) is 0 Å². The van der Waals surface area contributed by atoms with Crippen molar-refractivity contribution < 1.29 is 28.6 Å². The number of methoxy groups -OCH3 is 2. The number of hydrogen-bond acceptors (Lipinski definition) is 6. The molecule has 1 saturated heterocycles. The summed E-state index contributed by atoms with van der Waals surface area (Å²) in [5.41, 5.74) is 0.954. The Morgan fingerprint density at radius 2 is 1.87 bits per heavy atom. The summed E-state index contributed by atoms with van der Waals surface area (Å²) in [5, 5.41) is 3.06. The molecule has 0 aliphatic carbocycles. The molecule has 0 radical (unpaired) electrons. The van der Waals surface area contributed by atoms with Crippen LogP contribution < -0.4 is 19.7 Å². The monoisotopic (exact) mass is 432 g/mol. The van der Waals surface area contributed by atoms with Crippen LogP contribution in [0, 0.1) is 5.92 Å². The lowest BCUT2D eigenvalue weighted by Crippen LogP contribution is -2.28. The Morgan fingerprint density at radius 3 is 2.60 bits per heavy atom. The fourth-order valence-corrected chi connectivity index (χ4v) is 3.33. The van der Waals surface area contributed by atoms with Gasteiger partial charge in [0.25, 0.3) is 5.91 Å². The van der Waals surface area contributed by atoms with Crippen LogP contribution in [0.15, 0.2) is 42.5 Å². The largest absolute Gasteiger partial charge is 0.495 e. The number of amides is 2. The SMILES string of the molecule is COc1ccccc1NC(=O)COC(=O)[C@@H]1CC(=O)N(c2cc(Cl)ccc2OC)C1. The number of ether oxygens (including phenoxy) is 3. The second kappa shape index (κ2) is 9.49. The normalized spacial score (nSPS) is 15.6. The topological polar surface area (TPSA) is 94.2 Å². The molecule has 0 unspecified atom stereocenters. The van der Waals surface area contributed by atoms with Crippen molar-refractivity contribution in [3.8, 4) is 11.5 Å². The van der Waals surface area contributed by atoms with Crippen LogP contribution in [0.5, 0.6) is 11.5 Å². The number of carbonyl (C=O) groups excluding carboxylic acids is 3. The van der Waals surface area contributed by atoms with E-state index in [4.69, 9.17) is 25.8 Å². The number of halogens is 1. The van der Waals surface area contributed by atoms with Crippen LogP contribution in [0.25, 0.3) is 0 Å². The molecule has 8 nitrogen and oxygen atoms in total. The predicted octanol–water partition coefficient (Wildman–Crippen LogP) is 2.89. The summed E-state index contributed by atoms with van der Waals surface area (Å²) in [4.78, 5) is 38.4. The fraction of sp³-hybridized carbons (Fsp3) is 0.286. The van der Waals surface area contributed by atoms with Crippen LogP contribution in [-0.4, -0.2) is 45.2 Å². The van der Waals surface area contributed by atoms with Gasteiger partial charge >= 0.3 is 5.97 Å². The first-order chi connectivity index (χ1) is 14.4. The van der Waals surface area contributed by atoms with E-state index >= 15 is 0 Å². The van der Waals surface area contributed by atoms with Crippen LogP contribution in [0.3, 0.4) is 0 Å². The molecule has 30 heavy (non-hydrogen) atoms. The van der Waals surface area contributed by atoms with Gasteiger partial charge in [0, 0.05) is 18.0 Å². The lowest BCUT2D eigenvalue weighted by atomic mass is 10.1. The first-order valence-electron chi connectivity index (χ1n) is 9.16. The van der Waals surface area contributed by atoms with Crippen molar-refractivity contribution in [3.05, 3.63) is 47.5 Å². The van der Waals surface area contributed by atoms with Crippen molar-refractivity contribution in [2.75, 3.05) is 37.6 Å². The molecular weight excluding hydrogens is 412 g/mol. The van der Waals surface area contributed by atoms with E-state index in [2.05, 4.69) is 5.32 Å². The zero-order valence-electron chi connectivity index (χ0n) is 16.5. The molecule has 2 aromatic carbocycles. The lowest BCUT2D eigenvalue weighted by Gasteiger charge is -2.19. The van der Waals surface area contributed by atoms with E-state index in [1.54, 1.807) is 42.5 Å². The number of nitrogens with zero attached hydrogens (tertiary/aromatic N) is 1. The second-order valence-corrected chi connectivity index (χ2v) is 7.01. The first-order valence-corrected chi connectivity index (χ1v) is 9.54. The highest BCUT2D eigenvalue weighted by molar-refractivity contribution is 6.31. The number of carbonyl (C=O) groups is 3. The minimum Gasteiger partial charge on any atom is -0.495 e. The number of esters is 1. The van der Waals surface area contributed by atoms with Gasteiger partial charge in [-0.25, -0.2) is 0 Å². The van der Waals surface area contributed by atoms with Gasteiger partial charge in [-0.3, -0.25) is 14.4 Å². The molecule has 0 aromatic heterocycles. The van der Waals surface area contributed by atoms with Gasteiger partial charge in [0.2, 0.25) is 5.91 Å². The quantitative estimate of drug-likeness (QED) is 0.676. The summed E-state index contributed by atoms with van der Waals surface area (Å²) in [7, 11) is 2.97. The summed E-state index contributed by atoms with van der Waals surface area (Å²) in [6.07, 6.45) is -0.0252. The maximum Gasteiger partial charge on any atom is 0.311 e. The van der Waals surface area contributed by atoms with E-state index in [9.17, 15) is 14.4 Å². The molecule has 1 aliphatic rings. The third-order valence-electron chi connectivity index (χ3n) is 4.62. The number of anilines is 2. The van der Waals surface area contributed by atoms with Gasteiger partial charge in [-0.2, -0.15) is 0 Å². The van der Waals surface area contributed by atoms with E-state index in [0.717, 1.165) is 0 Å². The molecule has 1 heterocycles. The molecule has 0 spiro atoms. The van der Waals surface area contributed by atoms with Crippen molar-refractivity contribution >= 4 is 40.8 Å². The molecule has 1 fully saturated rings. The van der Waals surface area contributed by atoms with Crippen LogP contribution >= 0.6 is 11.6 Å². The Bertz CT molecular complexity index is 964. The second-order valence-electron chi connectivity index (χ2n) is 6.58. The van der Waals surface area contributed by atoms with Crippen molar-refractivity contribution in [1.29, 1.82) is 0 Å².